The van der Waals surface area contributed by atoms with Gasteiger partial charge in [-0.3, -0.25) is 5.10 Å². The van der Waals surface area contributed by atoms with E-state index in [1.807, 2.05) is 78.9 Å². The predicted molar refractivity (Wildman–Crippen MR) is 123 cm³/mol. The van der Waals surface area contributed by atoms with Crippen molar-refractivity contribution in [3.8, 4) is 22.8 Å². The molecule has 0 saturated heterocycles. The quantitative estimate of drug-likeness (QED) is 0.335. The fourth-order valence-electron chi connectivity index (χ4n) is 2.92. The molecule has 3 N–H and O–H groups in total. The van der Waals surface area contributed by atoms with Gasteiger partial charge in [-0.15, -0.1) is 0 Å². The van der Waals surface area contributed by atoms with Crippen LogP contribution in [0.1, 0.15) is 11.1 Å². The first kappa shape index (κ1) is 19.3. The monoisotopic (exact) mass is 497 g/mol. The van der Waals surface area contributed by atoms with E-state index < -0.39 is 0 Å². The third-order valence-corrected chi connectivity index (χ3v) is 5.53. The van der Waals surface area contributed by atoms with Crippen molar-refractivity contribution < 1.29 is 9.47 Å². The lowest BCUT2D eigenvalue weighted by molar-refractivity contribution is 0.291. The second kappa shape index (κ2) is 9.00. The Labute approximate surface area is 183 Å². The summed E-state index contributed by atoms with van der Waals surface area (Å²) in [5, 5.41) is 7.11. The van der Waals surface area contributed by atoms with Crippen LogP contribution in [0.3, 0.4) is 0 Å². The average molecular weight is 497 g/mol. The summed E-state index contributed by atoms with van der Waals surface area (Å²) in [6.07, 6.45) is 0. The Bertz CT molecular complexity index is 1080. The molecule has 4 aromatic rings. The highest BCUT2D eigenvalue weighted by Crippen LogP contribution is 2.36. The summed E-state index contributed by atoms with van der Waals surface area (Å²) in [5.74, 6) is 1.92. The number of anilines is 1. The Hall–Kier alpha value is -3.00. The molecule has 0 aliphatic carbocycles. The summed E-state index contributed by atoms with van der Waals surface area (Å²) in [4.78, 5) is 0. The van der Waals surface area contributed by atoms with E-state index in [9.17, 15) is 0 Å². The lowest BCUT2D eigenvalue weighted by Crippen LogP contribution is -2.00. The van der Waals surface area contributed by atoms with Crippen LogP contribution in [0.15, 0.2) is 78.9 Å². The summed E-state index contributed by atoms with van der Waals surface area (Å²) in [6, 6.07) is 25.9. The first-order valence-electron chi connectivity index (χ1n) is 9.18. The third kappa shape index (κ3) is 4.71. The molecule has 0 radical (unpaired) electrons. The summed E-state index contributed by atoms with van der Waals surface area (Å²) in [6.45, 7) is 0.947. The number of benzene rings is 3. The Morgan fingerprint density at radius 2 is 1.45 bits per heavy atom. The van der Waals surface area contributed by atoms with Gasteiger partial charge in [0.25, 0.3) is 0 Å². The van der Waals surface area contributed by atoms with Crippen LogP contribution in [-0.2, 0) is 13.2 Å². The highest BCUT2D eigenvalue weighted by Gasteiger charge is 2.16. The van der Waals surface area contributed by atoms with Crippen LogP contribution in [0.2, 0.25) is 0 Å². The second-order valence-corrected chi connectivity index (χ2v) is 7.58. The van der Waals surface area contributed by atoms with Gasteiger partial charge in [0.2, 0.25) is 0 Å². The normalized spacial score (nSPS) is 10.7. The summed E-state index contributed by atoms with van der Waals surface area (Å²) < 4.78 is 13.0. The molecule has 4 rings (SSSR count). The predicted octanol–water partition coefficient (Wildman–Crippen LogP) is 5.42. The molecular weight excluding hydrogens is 477 g/mol. The van der Waals surface area contributed by atoms with Gasteiger partial charge in [-0.05, 0) is 45.9 Å². The van der Waals surface area contributed by atoms with Gasteiger partial charge < -0.3 is 15.2 Å². The molecule has 0 aliphatic heterocycles. The molecule has 0 aliphatic rings. The molecule has 0 bridgehead atoms. The van der Waals surface area contributed by atoms with Crippen LogP contribution in [0.25, 0.3) is 11.3 Å². The maximum absolute atomic E-state index is 6.16. The number of nitrogens with two attached hydrogens (primary N) is 1. The molecule has 5 nitrogen and oxygen atoms in total. The number of ether oxygens (including phenoxy) is 2. The minimum Gasteiger partial charge on any atom is -0.489 e. The van der Waals surface area contributed by atoms with E-state index in [1.165, 1.54) is 0 Å². The fraction of sp³-hybridized carbons (Fsp3) is 0.0870. The van der Waals surface area contributed by atoms with Crippen LogP contribution >= 0.6 is 22.6 Å². The molecule has 0 saturated carbocycles. The fourth-order valence-corrected chi connectivity index (χ4v) is 3.45. The summed E-state index contributed by atoms with van der Waals surface area (Å²) >= 11 is 2.19. The number of hydrogen-bond acceptors (Lipinski definition) is 4. The van der Waals surface area contributed by atoms with Crippen LogP contribution in [0.4, 0.5) is 5.82 Å². The minimum absolute atomic E-state index is 0.455. The number of rotatable bonds is 7. The van der Waals surface area contributed by atoms with E-state index in [4.69, 9.17) is 15.2 Å². The van der Waals surface area contributed by atoms with Crippen molar-refractivity contribution in [2.75, 3.05) is 5.73 Å². The lowest BCUT2D eigenvalue weighted by Gasteiger charge is -2.14. The van der Waals surface area contributed by atoms with E-state index >= 15 is 0 Å². The highest BCUT2D eigenvalue weighted by molar-refractivity contribution is 14.1. The van der Waals surface area contributed by atoms with Crippen molar-refractivity contribution in [1.82, 2.24) is 10.2 Å². The number of halogens is 1. The topological polar surface area (TPSA) is 73.2 Å². The molecule has 0 spiro atoms. The van der Waals surface area contributed by atoms with Gasteiger partial charge >= 0.3 is 0 Å². The smallest absolute Gasteiger partial charge is 0.159 e. The molecule has 146 valence electrons. The number of nitrogens with one attached hydrogen (secondary N) is 1. The zero-order valence-corrected chi connectivity index (χ0v) is 17.8. The van der Waals surface area contributed by atoms with Crippen molar-refractivity contribution >= 4 is 28.4 Å². The SMILES string of the molecule is Nc1n[nH]c(-c2ccc(OCc3ccccc3)cc2OCc2ccccc2)c1I. The number of hydrogen-bond donors (Lipinski definition) is 2. The second-order valence-electron chi connectivity index (χ2n) is 6.50. The van der Waals surface area contributed by atoms with Crippen molar-refractivity contribution in [3.05, 3.63) is 93.6 Å². The maximum atomic E-state index is 6.16. The number of nitrogen functional groups attached to an aromatic ring is 1. The molecule has 1 aromatic heterocycles. The van der Waals surface area contributed by atoms with Crippen LogP contribution in [0, 0.1) is 3.57 Å². The van der Waals surface area contributed by atoms with Gasteiger partial charge in [0.1, 0.15) is 24.7 Å². The largest absolute Gasteiger partial charge is 0.489 e. The van der Waals surface area contributed by atoms with Gasteiger partial charge in [0.15, 0.2) is 5.82 Å². The number of aromatic nitrogens is 2. The molecule has 0 amide bonds. The van der Waals surface area contributed by atoms with Gasteiger partial charge in [0.05, 0.1) is 9.26 Å². The first-order chi connectivity index (χ1) is 14.2. The molecule has 0 unspecified atom stereocenters. The zero-order valence-electron chi connectivity index (χ0n) is 15.6. The summed E-state index contributed by atoms with van der Waals surface area (Å²) in [7, 11) is 0. The third-order valence-electron chi connectivity index (χ3n) is 4.44. The standard InChI is InChI=1S/C23H20IN3O2/c24-21-22(26-27-23(21)25)19-12-11-18(28-14-16-7-3-1-4-8-16)13-20(19)29-15-17-9-5-2-6-10-17/h1-13H,14-15H2,(H3,25,26,27). The Kier molecular flexibility index (Phi) is 6.00. The van der Waals surface area contributed by atoms with Crippen molar-refractivity contribution in [1.29, 1.82) is 0 Å². The number of H-pyrrole nitrogens is 1. The zero-order chi connectivity index (χ0) is 20.1. The average Bonchev–Trinajstić information content (AvgIpc) is 3.10. The highest BCUT2D eigenvalue weighted by atomic mass is 127. The molecule has 0 fully saturated rings. The van der Waals surface area contributed by atoms with Gasteiger partial charge in [-0.2, -0.15) is 5.10 Å². The van der Waals surface area contributed by atoms with Crippen LogP contribution < -0.4 is 15.2 Å². The van der Waals surface area contributed by atoms with E-state index in [0.717, 1.165) is 31.7 Å². The van der Waals surface area contributed by atoms with Crippen LogP contribution in [0.5, 0.6) is 11.5 Å². The molecule has 6 heteroatoms. The molecule has 3 aromatic carbocycles. The molecule has 1 heterocycles. The van der Waals surface area contributed by atoms with Crippen molar-refractivity contribution in [3.63, 3.8) is 0 Å². The Morgan fingerprint density at radius 3 is 2.03 bits per heavy atom. The molecule has 0 atom stereocenters. The van der Waals surface area contributed by atoms with E-state index in [1.54, 1.807) is 0 Å². The Morgan fingerprint density at radius 1 is 0.828 bits per heavy atom. The van der Waals surface area contributed by atoms with E-state index in [0.29, 0.717) is 24.8 Å². The van der Waals surface area contributed by atoms with E-state index in [-0.39, 0.29) is 0 Å². The first-order valence-corrected chi connectivity index (χ1v) is 10.3. The maximum Gasteiger partial charge on any atom is 0.159 e. The minimum atomic E-state index is 0.455. The van der Waals surface area contributed by atoms with Crippen molar-refractivity contribution in [2.24, 2.45) is 0 Å². The number of aromatic amines is 1. The van der Waals surface area contributed by atoms with Gasteiger partial charge in [-0.25, -0.2) is 0 Å². The van der Waals surface area contributed by atoms with E-state index in [2.05, 4.69) is 32.8 Å². The van der Waals surface area contributed by atoms with Gasteiger partial charge in [0, 0.05) is 11.6 Å². The lowest BCUT2D eigenvalue weighted by atomic mass is 10.1. The summed E-state index contributed by atoms with van der Waals surface area (Å²) in [5.41, 5.74) is 9.85. The van der Waals surface area contributed by atoms with Crippen molar-refractivity contribution in [2.45, 2.75) is 13.2 Å². The van der Waals surface area contributed by atoms with Gasteiger partial charge in [-0.1, -0.05) is 60.7 Å². The molecular formula is C23H20IN3O2. The van der Waals surface area contributed by atoms with Crippen LogP contribution in [-0.4, -0.2) is 10.2 Å². The molecule has 29 heavy (non-hydrogen) atoms. The Balaban J connectivity index is 1.60. The number of nitrogens with zero attached hydrogens (tertiary/aromatic N) is 1.